The van der Waals surface area contributed by atoms with Gasteiger partial charge >= 0.3 is 6.18 Å². The van der Waals surface area contributed by atoms with E-state index in [9.17, 15) is 13.2 Å². The number of aromatic nitrogens is 1. The van der Waals surface area contributed by atoms with Crippen molar-refractivity contribution in [1.82, 2.24) is 10.3 Å². The summed E-state index contributed by atoms with van der Waals surface area (Å²) in [6.45, 7) is 3.77. The van der Waals surface area contributed by atoms with Crippen LogP contribution in [0.25, 0.3) is 11.1 Å². The number of nitrogens with one attached hydrogen (secondary N) is 1. The smallest absolute Gasteiger partial charge is 0.416 e. The molecule has 0 atom stereocenters. The summed E-state index contributed by atoms with van der Waals surface area (Å²) >= 11 is 0. The van der Waals surface area contributed by atoms with Crippen molar-refractivity contribution in [3.8, 4) is 16.9 Å². The summed E-state index contributed by atoms with van der Waals surface area (Å²) in [5.41, 5.74) is 4.57. The van der Waals surface area contributed by atoms with E-state index in [4.69, 9.17) is 4.74 Å². The Hall–Kier alpha value is -2.86. The molecule has 4 rings (SSSR count). The Labute approximate surface area is 167 Å². The van der Waals surface area contributed by atoms with Crippen LogP contribution in [0, 0.1) is 6.92 Å². The summed E-state index contributed by atoms with van der Waals surface area (Å²) in [6.07, 6.45) is -1.81. The van der Waals surface area contributed by atoms with Crippen molar-refractivity contribution >= 4 is 0 Å². The molecule has 0 radical (unpaired) electrons. The second-order valence-electron chi connectivity index (χ2n) is 7.23. The number of hydrogen-bond donors (Lipinski definition) is 1. The van der Waals surface area contributed by atoms with Gasteiger partial charge in [-0.3, -0.25) is 4.98 Å². The van der Waals surface area contributed by atoms with Gasteiger partial charge in [-0.15, -0.1) is 0 Å². The lowest BCUT2D eigenvalue weighted by atomic mass is 9.94. The molecule has 1 aliphatic rings. The molecule has 0 fully saturated rings. The summed E-state index contributed by atoms with van der Waals surface area (Å²) in [5, 5.41) is 3.30. The van der Waals surface area contributed by atoms with Crippen LogP contribution in [0.5, 0.6) is 5.75 Å². The third-order valence-electron chi connectivity index (χ3n) is 5.06. The average Bonchev–Trinajstić information content (AvgIpc) is 2.71. The number of halogens is 3. The van der Waals surface area contributed by atoms with Crippen molar-refractivity contribution in [2.45, 2.75) is 32.7 Å². The molecular formula is C23H21F3N2O. The van der Waals surface area contributed by atoms with Crippen LogP contribution < -0.4 is 10.1 Å². The van der Waals surface area contributed by atoms with Gasteiger partial charge in [0.2, 0.25) is 0 Å². The van der Waals surface area contributed by atoms with Crippen LogP contribution in [-0.4, -0.2) is 11.5 Å². The van der Waals surface area contributed by atoms with Gasteiger partial charge in [0.15, 0.2) is 0 Å². The third-order valence-corrected chi connectivity index (χ3v) is 5.06. The molecule has 2 aromatic carbocycles. The fourth-order valence-electron chi connectivity index (χ4n) is 3.54. The monoisotopic (exact) mass is 398 g/mol. The maximum absolute atomic E-state index is 13.3. The van der Waals surface area contributed by atoms with Gasteiger partial charge in [0.05, 0.1) is 11.3 Å². The molecule has 3 nitrogen and oxygen atoms in total. The van der Waals surface area contributed by atoms with Crippen LogP contribution >= 0.6 is 0 Å². The van der Waals surface area contributed by atoms with Gasteiger partial charge in [-0.25, -0.2) is 0 Å². The summed E-state index contributed by atoms with van der Waals surface area (Å²) in [7, 11) is 0. The van der Waals surface area contributed by atoms with E-state index in [1.165, 1.54) is 11.6 Å². The van der Waals surface area contributed by atoms with Crippen LogP contribution in [0.1, 0.15) is 27.9 Å². The zero-order chi connectivity index (χ0) is 20.4. The van der Waals surface area contributed by atoms with Gasteiger partial charge in [-0.1, -0.05) is 12.1 Å². The lowest BCUT2D eigenvalue weighted by Crippen LogP contribution is -2.23. The van der Waals surface area contributed by atoms with Gasteiger partial charge in [0, 0.05) is 18.3 Å². The van der Waals surface area contributed by atoms with Crippen LogP contribution in [-0.2, 0) is 25.7 Å². The fourth-order valence-corrected chi connectivity index (χ4v) is 3.54. The molecule has 29 heavy (non-hydrogen) atoms. The predicted octanol–water partition coefficient (Wildman–Crippen LogP) is 5.30. The second kappa shape index (κ2) is 7.87. The number of rotatable bonds is 4. The maximum Gasteiger partial charge on any atom is 0.416 e. The lowest BCUT2D eigenvalue weighted by molar-refractivity contribution is -0.137. The molecule has 1 aliphatic heterocycles. The van der Waals surface area contributed by atoms with E-state index < -0.39 is 11.7 Å². The molecule has 2 heterocycles. The number of fused-ring (bicyclic) bond motifs is 1. The summed E-state index contributed by atoms with van der Waals surface area (Å²) in [4.78, 5) is 4.26. The van der Waals surface area contributed by atoms with Gasteiger partial charge < -0.3 is 10.1 Å². The Morgan fingerprint density at radius 3 is 2.69 bits per heavy atom. The minimum Gasteiger partial charge on any atom is -0.487 e. The third kappa shape index (κ3) is 4.43. The summed E-state index contributed by atoms with van der Waals surface area (Å²) in [6, 6.07) is 13.2. The molecule has 0 unspecified atom stereocenters. The molecule has 3 aromatic rings. The van der Waals surface area contributed by atoms with Crippen molar-refractivity contribution in [3.05, 3.63) is 82.7 Å². The quantitative estimate of drug-likeness (QED) is 0.648. The predicted molar refractivity (Wildman–Crippen MR) is 106 cm³/mol. The number of pyridine rings is 1. The van der Waals surface area contributed by atoms with Crippen LogP contribution in [0.4, 0.5) is 13.2 Å². The first-order chi connectivity index (χ1) is 13.9. The molecule has 0 saturated carbocycles. The van der Waals surface area contributed by atoms with E-state index in [-0.39, 0.29) is 6.61 Å². The van der Waals surface area contributed by atoms with Crippen LogP contribution in [0.2, 0.25) is 0 Å². The highest BCUT2D eigenvalue weighted by Gasteiger charge is 2.31. The molecule has 1 N–H and O–H groups in total. The van der Waals surface area contributed by atoms with Gasteiger partial charge in [-0.05, 0) is 78.5 Å². The van der Waals surface area contributed by atoms with Crippen molar-refractivity contribution in [2.75, 3.05) is 6.54 Å². The number of benzene rings is 2. The Morgan fingerprint density at radius 1 is 1.03 bits per heavy atom. The molecule has 150 valence electrons. The zero-order valence-electron chi connectivity index (χ0n) is 16.0. The number of ether oxygens (including phenoxy) is 1. The largest absolute Gasteiger partial charge is 0.487 e. The summed E-state index contributed by atoms with van der Waals surface area (Å²) < 4.78 is 45.9. The molecular weight excluding hydrogens is 377 g/mol. The molecule has 0 saturated heterocycles. The Kier molecular flexibility index (Phi) is 5.28. The van der Waals surface area contributed by atoms with E-state index in [1.54, 1.807) is 6.20 Å². The zero-order valence-corrected chi connectivity index (χ0v) is 16.0. The van der Waals surface area contributed by atoms with Crippen molar-refractivity contribution in [3.63, 3.8) is 0 Å². The average molecular weight is 398 g/mol. The van der Waals surface area contributed by atoms with E-state index >= 15 is 0 Å². The van der Waals surface area contributed by atoms with E-state index in [2.05, 4.69) is 10.3 Å². The maximum atomic E-state index is 13.3. The highest BCUT2D eigenvalue weighted by Crippen LogP contribution is 2.38. The number of aryl methyl sites for hydroxylation is 1. The molecule has 0 amide bonds. The highest BCUT2D eigenvalue weighted by molar-refractivity contribution is 5.72. The topological polar surface area (TPSA) is 34.1 Å². The Bertz CT molecular complexity index is 1030. The van der Waals surface area contributed by atoms with Gasteiger partial charge in [-0.2, -0.15) is 13.2 Å². The SMILES string of the molecule is Cc1ccnc(COc2ccc(C(F)(F)F)cc2-c2ccc3c(c2)CNCC3)c1. The molecule has 1 aromatic heterocycles. The fraction of sp³-hybridized carbons (Fsp3) is 0.261. The minimum absolute atomic E-state index is 0.187. The first-order valence-electron chi connectivity index (χ1n) is 9.48. The first-order valence-corrected chi connectivity index (χ1v) is 9.48. The van der Waals surface area contributed by atoms with E-state index in [1.807, 2.05) is 37.3 Å². The van der Waals surface area contributed by atoms with Crippen molar-refractivity contribution < 1.29 is 17.9 Å². The normalized spacial score (nSPS) is 13.8. The minimum atomic E-state index is -4.42. The summed E-state index contributed by atoms with van der Waals surface area (Å²) in [5.74, 6) is 0.407. The van der Waals surface area contributed by atoms with Crippen LogP contribution in [0.15, 0.2) is 54.7 Å². The number of nitrogens with zero attached hydrogens (tertiary/aromatic N) is 1. The molecule has 0 bridgehead atoms. The first kappa shape index (κ1) is 19.5. The molecule has 0 aliphatic carbocycles. The lowest BCUT2D eigenvalue weighted by Gasteiger charge is -2.19. The number of alkyl halides is 3. The van der Waals surface area contributed by atoms with Crippen molar-refractivity contribution in [1.29, 1.82) is 0 Å². The highest BCUT2D eigenvalue weighted by atomic mass is 19.4. The van der Waals surface area contributed by atoms with Gasteiger partial charge in [0.25, 0.3) is 0 Å². The van der Waals surface area contributed by atoms with E-state index in [0.29, 0.717) is 23.4 Å². The Morgan fingerprint density at radius 2 is 1.90 bits per heavy atom. The second-order valence-corrected chi connectivity index (χ2v) is 7.23. The molecule has 6 heteroatoms. The van der Waals surface area contributed by atoms with E-state index in [0.717, 1.165) is 41.9 Å². The standard InChI is InChI=1S/C23H21F3N2O/c1-15-6-9-28-20(10-15)14-29-22-5-4-19(23(24,25)26)12-21(22)17-3-2-16-7-8-27-13-18(16)11-17/h2-6,9-12,27H,7-8,13-14H2,1H3. The Balaban J connectivity index is 1.71. The van der Waals surface area contributed by atoms with Crippen LogP contribution in [0.3, 0.4) is 0 Å². The molecule has 0 spiro atoms. The number of hydrogen-bond acceptors (Lipinski definition) is 3. The van der Waals surface area contributed by atoms with Crippen molar-refractivity contribution in [2.24, 2.45) is 0 Å². The van der Waals surface area contributed by atoms with Gasteiger partial charge in [0.1, 0.15) is 12.4 Å².